The van der Waals surface area contributed by atoms with Crippen molar-refractivity contribution in [1.82, 2.24) is 0 Å². The molecule has 1 atom stereocenters. The van der Waals surface area contributed by atoms with Crippen LogP contribution >= 0.6 is 0 Å². The number of rotatable bonds is 2. The van der Waals surface area contributed by atoms with Gasteiger partial charge in [-0.15, -0.1) is 0 Å². The standard InChI is InChI=1S/C6H10O2/c7-4-3-6-2-1-5-8-6/h1-2,6-7H,3-5H2/t6-/m0/s1. The van der Waals surface area contributed by atoms with E-state index in [0.29, 0.717) is 6.61 Å². The molecule has 0 spiro atoms. The van der Waals surface area contributed by atoms with E-state index < -0.39 is 0 Å². The van der Waals surface area contributed by atoms with Crippen LogP contribution in [0.25, 0.3) is 0 Å². The fourth-order valence-electron chi connectivity index (χ4n) is 0.749. The van der Waals surface area contributed by atoms with Gasteiger partial charge in [0.15, 0.2) is 0 Å². The average molecular weight is 114 g/mol. The number of hydrogen-bond donors (Lipinski definition) is 1. The fourth-order valence-corrected chi connectivity index (χ4v) is 0.749. The van der Waals surface area contributed by atoms with Crippen molar-refractivity contribution in [2.75, 3.05) is 13.2 Å². The average Bonchev–Trinajstić information content (AvgIpc) is 2.19. The number of aliphatic hydroxyl groups excluding tert-OH is 1. The molecule has 0 unspecified atom stereocenters. The summed E-state index contributed by atoms with van der Waals surface area (Å²) in [6.07, 6.45) is 4.87. The van der Waals surface area contributed by atoms with Crippen LogP contribution in [0.4, 0.5) is 0 Å². The summed E-state index contributed by atoms with van der Waals surface area (Å²) in [5.41, 5.74) is 0. The Kier molecular flexibility index (Phi) is 2.06. The van der Waals surface area contributed by atoms with Crippen molar-refractivity contribution in [2.45, 2.75) is 12.5 Å². The fraction of sp³-hybridized carbons (Fsp3) is 0.667. The van der Waals surface area contributed by atoms with E-state index in [1.165, 1.54) is 0 Å². The van der Waals surface area contributed by atoms with Gasteiger partial charge in [-0.2, -0.15) is 0 Å². The van der Waals surface area contributed by atoms with Crippen molar-refractivity contribution in [3.8, 4) is 0 Å². The van der Waals surface area contributed by atoms with E-state index in [0.717, 1.165) is 6.42 Å². The molecule has 46 valence electrons. The molecule has 1 aliphatic heterocycles. The summed E-state index contributed by atoms with van der Waals surface area (Å²) in [6.45, 7) is 0.930. The minimum Gasteiger partial charge on any atom is -0.396 e. The van der Waals surface area contributed by atoms with Gasteiger partial charge in [0, 0.05) is 13.0 Å². The summed E-state index contributed by atoms with van der Waals surface area (Å²) in [5.74, 6) is 0. The smallest absolute Gasteiger partial charge is 0.0782 e. The van der Waals surface area contributed by atoms with E-state index in [2.05, 4.69) is 0 Å². The highest BCUT2D eigenvalue weighted by atomic mass is 16.5. The molecule has 1 rings (SSSR count). The van der Waals surface area contributed by atoms with E-state index >= 15 is 0 Å². The maximum absolute atomic E-state index is 8.41. The van der Waals surface area contributed by atoms with Gasteiger partial charge in [-0.05, 0) is 0 Å². The van der Waals surface area contributed by atoms with Crippen LogP contribution in [0.15, 0.2) is 12.2 Å². The van der Waals surface area contributed by atoms with Crippen LogP contribution in [-0.2, 0) is 4.74 Å². The molecule has 0 bridgehead atoms. The summed E-state index contributed by atoms with van der Waals surface area (Å²) >= 11 is 0. The van der Waals surface area contributed by atoms with Gasteiger partial charge >= 0.3 is 0 Å². The molecule has 0 aromatic rings. The molecule has 0 aromatic carbocycles. The van der Waals surface area contributed by atoms with E-state index in [4.69, 9.17) is 9.84 Å². The summed E-state index contributed by atoms with van der Waals surface area (Å²) in [4.78, 5) is 0. The predicted octanol–water partition coefficient (Wildman–Crippen LogP) is 0.324. The maximum atomic E-state index is 8.41. The van der Waals surface area contributed by atoms with Gasteiger partial charge in [-0.1, -0.05) is 12.2 Å². The first-order valence-electron chi connectivity index (χ1n) is 2.82. The Morgan fingerprint density at radius 3 is 3.12 bits per heavy atom. The Bertz CT molecular complexity index is 88.5. The van der Waals surface area contributed by atoms with Gasteiger partial charge < -0.3 is 9.84 Å². The Labute approximate surface area is 48.8 Å². The van der Waals surface area contributed by atoms with E-state index in [-0.39, 0.29) is 12.7 Å². The zero-order valence-electron chi connectivity index (χ0n) is 4.71. The van der Waals surface area contributed by atoms with Crippen LogP contribution < -0.4 is 0 Å². The first-order valence-corrected chi connectivity index (χ1v) is 2.82. The number of hydrogen-bond acceptors (Lipinski definition) is 2. The second-order valence-corrected chi connectivity index (χ2v) is 1.81. The van der Waals surface area contributed by atoms with Crippen LogP contribution in [0.1, 0.15) is 6.42 Å². The predicted molar refractivity (Wildman–Crippen MR) is 30.6 cm³/mol. The molecule has 0 fully saturated rings. The minimum absolute atomic E-state index is 0.181. The molecule has 1 N–H and O–H groups in total. The Balaban J connectivity index is 2.16. The lowest BCUT2D eigenvalue weighted by Gasteiger charge is -2.03. The highest BCUT2D eigenvalue weighted by Gasteiger charge is 2.06. The van der Waals surface area contributed by atoms with Crippen molar-refractivity contribution in [3.63, 3.8) is 0 Å². The van der Waals surface area contributed by atoms with Crippen molar-refractivity contribution in [2.24, 2.45) is 0 Å². The van der Waals surface area contributed by atoms with Crippen LogP contribution in [0, 0.1) is 0 Å². The van der Waals surface area contributed by atoms with Crippen LogP contribution in [0.2, 0.25) is 0 Å². The van der Waals surface area contributed by atoms with E-state index in [1.807, 2.05) is 12.2 Å². The normalized spacial score (nSPS) is 26.9. The Hall–Kier alpha value is -0.340. The van der Waals surface area contributed by atoms with E-state index in [1.54, 1.807) is 0 Å². The van der Waals surface area contributed by atoms with Crippen LogP contribution in [0.3, 0.4) is 0 Å². The zero-order chi connectivity index (χ0) is 5.82. The van der Waals surface area contributed by atoms with Gasteiger partial charge in [-0.3, -0.25) is 0 Å². The molecule has 0 radical (unpaired) electrons. The van der Waals surface area contributed by atoms with Gasteiger partial charge in [0.2, 0.25) is 0 Å². The molecule has 0 saturated carbocycles. The van der Waals surface area contributed by atoms with Crippen LogP contribution in [0.5, 0.6) is 0 Å². The molecule has 1 aliphatic rings. The first-order chi connectivity index (χ1) is 3.93. The van der Waals surface area contributed by atoms with Gasteiger partial charge in [0.05, 0.1) is 12.7 Å². The molecule has 2 nitrogen and oxygen atoms in total. The largest absolute Gasteiger partial charge is 0.396 e. The molecule has 2 heteroatoms. The van der Waals surface area contributed by atoms with Crippen molar-refractivity contribution in [3.05, 3.63) is 12.2 Å². The van der Waals surface area contributed by atoms with Crippen LogP contribution in [-0.4, -0.2) is 24.4 Å². The Morgan fingerprint density at radius 1 is 1.75 bits per heavy atom. The lowest BCUT2D eigenvalue weighted by Crippen LogP contribution is -2.05. The third-order valence-corrected chi connectivity index (χ3v) is 1.17. The first kappa shape index (κ1) is 5.79. The molecule has 0 aliphatic carbocycles. The second kappa shape index (κ2) is 2.84. The monoisotopic (exact) mass is 114 g/mol. The van der Waals surface area contributed by atoms with Crippen molar-refractivity contribution >= 4 is 0 Å². The zero-order valence-corrected chi connectivity index (χ0v) is 4.71. The molecular formula is C6H10O2. The molecule has 0 saturated heterocycles. The summed E-state index contributed by atoms with van der Waals surface area (Å²) < 4.78 is 5.12. The number of ether oxygens (including phenoxy) is 1. The third-order valence-electron chi connectivity index (χ3n) is 1.17. The topological polar surface area (TPSA) is 29.5 Å². The molecule has 0 aromatic heterocycles. The quantitative estimate of drug-likeness (QED) is 0.524. The van der Waals surface area contributed by atoms with Gasteiger partial charge in [0.25, 0.3) is 0 Å². The van der Waals surface area contributed by atoms with Gasteiger partial charge in [-0.25, -0.2) is 0 Å². The van der Waals surface area contributed by atoms with Gasteiger partial charge in [0.1, 0.15) is 0 Å². The summed E-state index contributed by atoms with van der Waals surface area (Å²) in [5, 5.41) is 8.41. The van der Waals surface area contributed by atoms with Crippen molar-refractivity contribution < 1.29 is 9.84 Å². The summed E-state index contributed by atoms with van der Waals surface area (Å²) in [6, 6.07) is 0. The highest BCUT2D eigenvalue weighted by Crippen LogP contribution is 2.05. The number of aliphatic hydroxyl groups is 1. The van der Waals surface area contributed by atoms with E-state index in [9.17, 15) is 0 Å². The highest BCUT2D eigenvalue weighted by molar-refractivity contribution is 4.95. The molecule has 8 heavy (non-hydrogen) atoms. The SMILES string of the molecule is OCC[C@@H]1C=CCO1. The molecule has 0 amide bonds. The second-order valence-electron chi connectivity index (χ2n) is 1.81. The lowest BCUT2D eigenvalue weighted by molar-refractivity contribution is 0.103. The minimum atomic E-state index is 0.181. The Morgan fingerprint density at radius 2 is 2.62 bits per heavy atom. The summed E-state index contributed by atoms with van der Waals surface area (Å²) in [7, 11) is 0. The van der Waals surface area contributed by atoms with Crippen molar-refractivity contribution in [1.29, 1.82) is 0 Å². The molecule has 1 heterocycles. The third kappa shape index (κ3) is 1.32. The maximum Gasteiger partial charge on any atom is 0.0782 e. The molecular weight excluding hydrogens is 104 g/mol. The lowest BCUT2D eigenvalue weighted by atomic mass is 10.3.